The number of nitrogens with one attached hydrogen (secondary N) is 2. The van der Waals surface area contributed by atoms with Crippen molar-refractivity contribution in [3.05, 3.63) is 41.5 Å². The van der Waals surface area contributed by atoms with Gasteiger partial charge in [0.15, 0.2) is 0 Å². The number of aryl methyl sites for hydroxylation is 2. The van der Waals surface area contributed by atoms with Gasteiger partial charge in [-0.25, -0.2) is 19.7 Å². The monoisotopic (exact) mass is 511 g/mol. The maximum atomic E-state index is 12.0. The molecule has 0 saturated carbocycles. The van der Waals surface area contributed by atoms with E-state index in [9.17, 15) is 14.7 Å². The lowest BCUT2D eigenvalue weighted by atomic mass is 9.92. The minimum absolute atomic E-state index is 0.172. The molecule has 1 aliphatic heterocycles. The Bertz CT molecular complexity index is 1050. The molecule has 0 bridgehead atoms. The fraction of sp³-hybridized carbons (Fsp3) is 0.593. The maximum Gasteiger partial charge on any atom is 0.326 e. The fourth-order valence-electron chi connectivity index (χ4n) is 4.35. The van der Waals surface area contributed by atoms with E-state index >= 15 is 0 Å². The Balaban J connectivity index is 1.53. The third kappa shape index (κ3) is 9.27. The zero-order valence-corrected chi connectivity index (χ0v) is 22.3. The number of carbonyl (C=O) groups excluding carboxylic acids is 1. The number of carboxylic acid groups (broad SMARTS) is 1. The number of amides is 1. The predicted octanol–water partition coefficient (Wildman–Crippen LogP) is 2.98. The third-order valence-corrected chi connectivity index (χ3v) is 6.57. The Kier molecular flexibility index (Phi) is 10.2. The topological polar surface area (TPSA) is 146 Å². The fourth-order valence-corrected chi connectivity index (χ4v) is 4.35. The van der Waals surface area contributed by atoms with Crippen LogP contribution in [0.2, 0.25) is 0 Å². The number of nitrogens with zero attached hydrogens (tertiary/aromatic N) is 4. The molecule has 1 aliphatic rings. The number of pyridine rings is 1. The van der Waals surface area contributed by atoms with E-state index < -0.39 is 12.0 Å². The molecule has 0 saturated heterocycles. The molecule has 0 fully saturated rings. The van der Waals surface area contributed by atoms with Gasteiger partial charge >= 0.3 is 5.97 Å². The number of anilines is 2. The van der Waals surface area contributed by atoms with Crippen molar-refractivity contribution < 1.29 is 14.7 Å². The second kappa shape index (κ2) is 13.3. The van der Waals surface area contributed by atoms with Crippen LogP contribution in [-0.2, 0) is 27.8 Å². The molecule has 37 heavy (non-hydrogen) atoms. The smallest absolute Gasteiger partial charge is 0.326 e. The van der Waals surface area contributed by atoms with Gasteiger partial charge in [-0.3, -0.25) is 4.79 Å². The predicted molar refractivity (Wildman–Crippen MR) is 145 cm³/mol. The Morgan fingerprint density at radius 3 is 2.73 bits per heavy atom. The van der Waals surface area contributed by atoms with Crippen LogP contribution in [0.25, 0.3) is 0 Å². The number of aromatic nitrogens is 3. The summed E-state index contributed by atoms with van der Waals surface area (Å²) >= 11 is 0. The first-order valence-corrected chi connectivity index (χ1v) is 13.2. The average Bonchev–Trinajstić information content (AvgIpc) is 2.86. The summed E-state index contributed by atoms with van der Waals surface area (Å²) in [7, 11) is 0. The lowest BCUT2D eigenvalue weighted by Crippen LogP contribution is -2.37. The molecule has 0 aliphatic carbocycles. The van der Waals surface area contributed by atoms with Gasteiger partial charge < -0.3 is 26.4 Å². The van der Waals surface area contributed by atoms with E-state index in [-0.39, 0.29) is 17.7 Å². The van der Waals surface area contributed by atoms with E-state index in [0.29, 0.717) is 25.3 Å². The van der Waals surface area contributed by atoms with E-state index in [2.05, 4.69) is 37.6 Å². The maximum absolute atomic E-state index is 12.0. The quantitative estimate of drug-likeness (QED) is 0.281. The number of aliphatic carboxylic acids is 1. The highest BCUT2D eigenvalue weighted by Crippen LogP contribution is 2.22. The van der Waals surface area contributed by atoms with Crippen LogP contribution in [-0.4, -0.2) is 69.1 Å². The van der Waals surface area contributed by atoms with Crippen LogP contribution < -0.4 is 16.4 Å². The normalized spacial score (nSPS) is 14.1. The largest absolute Gasteiger partial charge is 0.480 e. The molecule has 10 heteroatoms. The second-order valence-corrected chi connectivity index (χ2v) is 10.7. The first-order chi connectivity index (χ1) is 17.6. The molecule has 0 aromatic carbocycles. The SMILES string of the molecule is CC(C)(C)c1cc(N[C@@H](CCN(CCCCc2ccc3c(n2)NCCC3)CCC(N)=O)C(=O)O)ncn1. The van der Waals surface area contributed by atoms with Gasteiger partial charge in [0.1, 0.15) is 24.0 Å². The van der Waals surface area contributed by atoms with E-state index in [1.54, 1.807) is 6.07 Å². The summed E-state index contributed by atoms with van der Waals surface area (Å²) in [5.41, 5.74) is 8.40. The van der Waals surface area contributed by atoms with Crippen LogP contribution >= 0.6 is 0 Å². The Morgan fingerprint density at radius 1 is 1.19 bits per heavy atom. The molecule has 10 nitrogen and oxygen atoms in total. The van der Waals surface area contributed by atoms with Crippen molar-refractivity contribution in [3.8, 4) is 0 Å². The third-order valence-electron chi connectivity index (χ3n) is 6.57. The van der Waals surface area contributed by atoms with Crippen molar-refractivity contribution in [2.45, 2.75) is 77.2 Å². The summed E-state index contributed by atoms with van der Waals surface area (Å²) in [6, 6.07) is 5.26. The summed E-state index contributed by atoms with van der Waals surface area (Å²) in [5, 5.41) is 16.2. The molecule has 5 N–H and O–H groups in total. The Hall–Kier alpha value is -3.27. The van der Waals surface area contributed by atoms with Crippen molar-refractivity contribution in [1.82, 2.24) is 19.9 Å². The number of carboxylic acids is 1. The van der Waals surface area contributed by atoms with Crippen molar-refractivity contribution in [2.24, 2.45) is 5.73 Å². The van der Waals surface area contributed by atoms with Crippen LogP contribution in [0.5, 0.6) is 0 Å². The number of unbranched alkanes of at least 4 members (excludes halogenated alkanes) is 1. The molecular formula is C27H41N7O3. The van der Waals surface area contributed by atoms with E-state index in [1.807, 2.05) is 20.8 Å². The first-order valence-electron chi connectivity index (χ1n) is 13.2. The standard InChI is InChI=1S/C27H41N7O3/c1-27(2,3)22-17-24(31-18-30-22)33-21(26(36)37)11-15-34(16-12-23(28)35)14-5-4-8-20-10-9-19-7-6-13-29-25(19)32-20/h9-10,17-18,21H,4-8,11-16H2,1-3H3,(H2,28,35)(H,29,32)(H,36,37)(H,30,31,33)/t21-/m0/s1. The lowest BCUT2D eigenvalue weighted by Gasteiger charge is -2.24. The highest BCUT2D eigenvalue weighted by atomic mass is 16.4. The second-order valence-electron chi connectivity index (χ2n) is 10.7. The molecule has 2 aromatic rings. The van der Waals surface area contributed by atoms with Gasteiger partial charge in [0, 0.05) is 43.2 Å². The number of fused-ring (bicyclic) bond motifs is 1. The molecular weight excluding hydrogens is 470 g/mol. The minimum atomic E-state index is -0.946. The summed E-state index contributed by atoms with van der Waals surface area (Å²) in [5.74, 6) is 0.192. The Labute approximate surface area is 219 Å². The number of hydrogen-bond donors (Lipinski definition) is 4. The molecule has 0 unspecified atom stereocenters. The highest BCUT2D eigenvalue weighted by Gasteiger charge is 2.21. The molecule has 202 valence electrons. The summed E-state index contributed by atoms with van der Waals surface area (Å²) < 4.78 is 0. The van der Waals surface area contributed by atoms with E-state index in [1.165, 1.54) is 11.9 Å². The number of nitrogens with two attached hydrogens (primary N) is 1. The summed E-state index contributed by atoms with van der Waals surface area (Å²) in [6.45, 7) is 8.89. The van der Waals surface area contributed by atoms with Crippen molar-refractivity contribution in [1.29, 1.82) is 0 Å². The van der Waals surface area contributed by atoms with Gasteiger partial charge in [0.25, 0.3) is 0 Å². The van der Waals surface area contributed by atoms with Crippen LogP contribution in [0.3, 0.4) is 0 Å². The highest BCUT2D eigenvalue weighted by molar-refractivity contribution is 5.76. The lowest BCUT2D eigenvalue weighted by molar-refractivity contribution is -0.138. The van der Waals surface area contributed by atoms with Crippen LogP contribution in [0.1, 0.15) is 69.8 Å². The first kappa shape index (κ1) is 28.3. The van der Waals surface area contributed by atoms with Crippen LogP contribution in [0.4, 0.5) is 11.6 Å². The van der Waals surface area contributed by atoms with E-state index in [4.69, 9.17) is 10.7 Å². The zero-order chi connectivity index (χ0) is 26.8. The number of primary amides is 1. The molecule has 2 aromatic heterocycles. The van der Waals surface area contributed by atoms with Crippen LogP contribution in [0.15, 0.2) is 24.5 Å². The van der Waals surface area contributed by atoms with Crippen molar-refractivity contribution >= 4 is 23.5 Å². The number of hydrogen-bond acceptors (Lipinski definition) is 8. The molecule has 3 heterocycles. The Morgan fingerprint density at radius 2 is 2.00 bits per heavy atom. The molecule has 1 amide bonds. The van der Waals surface area contributed by atoms with Gasteiger partial charge in [-0.2, -0.15) is 0 Å². The summed E-state index contributed by atoms with van der Waals surface area (Å²) in [4.78, 5) is 38.8. The van der Waals surface area contributed by atoms with Crippen LogP contribution in [0, 0.1) is 0 Å². The van der Waals surface area contributed by atoms with Crippen molar-refractivity contribution in [3.63, 3.8) is 0 Å². The minimum Gasteiger partial charge on any atom is -0.480 e. The number of rotatable bonds is 14. The van der Waals surface area contributed by atoms with Gasteiger partial charge in [-0.15, -0.1) is 0 Å². The number of carbonyl (C=O) groups is 2. The zero-order valence-electron chi connectivity index (χ0n) is 22.3. The van der Waals surface area contributed by atoms with Gasteiger partial charge in [0.2, 0.25) is 5.91 Å². The van der Waals surface area contributed by atoms with Gasteiger partial charge in [-0.1, -0.05) is 26.8 Å². The van der Waals surface area contributed by atoms with Crippen molar-refractivity contribution in [2.75, 3.05) is 36.8 Å². The molecule has 3 rings (SSSR count). The van der Waals surface area contributed by atoms with Gasteiger partial charge in [0.05, 0.1) is 5.69 Å². The van der Waals surface area contributed by atoms with Gasteiger partial charge in [-0.05, 0) is 56.7 Å². The molecule has 0 radical (unpaired) electrons. The molecule has 1 atom stereocenters. The molecule has 0 spiro atoms. The summed E-state index contributed by atoms with van der Waals surface area (Å²) in [6.07, 6.45) is 7.02. The van der Waals surface area contributed by atoms with E-state index in [0.717, 1.165) is 62.4 Å². The average molecular weight is 512 g/mol.